The van der Waals surface area contributed by atoms with Crippen LogP contribution in [0.15, 0.2) is 18.2 Å². The van der Waals surface area contributed by atoms with E-state index in [-0.39, 0.29) is 17.7 Å². The third kappa shape index (κ3) is 3.90. The molecule has 0 aliphatic rings. The number of nitrogens with one attached hydrogen (secondary N) is 1. The topological polar surface area (TPSA) is 67.6 Å². The summed E-state index contributed by atoms with van der Waals surface area (Å²) in [5.74, 6) is 4.68. The first-order valence-corrected chi connectivity index (χ1v) is 6.06. The number of rotatable bonds is 6. The number of halogens is 1. The second-order valence-corrected chi connectivity index (χ2v) is 4.32. The highest BCUT2D eigenvalue weighted by Crippen LogP contribution is 2.19. The van der Waals surface area contributed by atoms with Crippen molar-refractivity contribution in [1.29, 1.82) is 0 Å². The lowest BCUT2D eigenvalue weighted by Gasteiger charge is -2.25. The number of hydrazine groups is 1. The zero-order chi connectivity index (χ0) is 14.4. The summed E-state index contributed by atoms with van der Waals surface area (Å²) in [7, 11) is 3.22. The Morgan fingerprint density at radius 1 is 1.58 bits per heavy atom. The van der Waals surface area contributed by atoms with E-state index in [0.717, 1.165) is 5.56 Å². The molecule has 0 fully saturated rings. The molecule has 0 saturated heterocycles. The van der Waals surface area contributed by atoms with E-state index in [4.69, 9.17) is 10.6 Å². The Hall–Kier alpha value is -1.66. The number of amides is 1. The summed E-state index contributed by atoms with van der Waals surface area (Å²) in [6.07, 6.45) is 0.623. The molecule has 3 N–H and O–H groups in total. The van der Waals surface area contributed by atoms with E-state index in [1.165, 1.54) is 13.2 Å². The van der Waals surface area contributed by atoms with E-state index >= 15 is 0 Å². The van der Waals surface area contributed by atoms with Crippen LogP contribution in [0, 0.1) is 5.82 Å². The van der Waals surface area contributed by atoms with Gasteiger partial charge < -0.3 is 4.74 Å². The molecule has 0 saturated carbocycles. The standard InChI is InChI=1S/C13H20FN3O2/c1-4-11(13(18)16-15)17(2)8-9-5-6-12(19-3)10(14)7-9/h5-7,11H,4,8,15H2,1-3H3,(H,16,18). The molecule has 1 atom stereocenters. The third-order valence-electron chi connectivity index (χ3n) is 3.01. The fourth-order valence-corrected chi connectivity index (χ4v) is 2.00. The fourth-order valence-electron chi connectivity index (χ4n) is 2.00. The van der Waals surface area contributed by atoms with Crippen LogP contribution in [0.2, 0.25) is 0 Å². The van der Waals surface area contributed by atoms with Crippen LogP contribution in [0.3, 0.4) is 0 Å². The van der Waals surface area contributed by atoms with Gasteiger partial charge in [-0.05, 0) is 31.2 Å². The first kappa shape index (κ1) is 15.4. The van der Waals surface area contributed by atoms with Gasteiger partial charge in [0, 0.05) is 6.54 Å². The van der Waals surface area contributed by atoms with Crippen molar-refractivity contribution in [2.24, 2.45) is 5.84 Å². The smallest absolute Gasteiger partial charge is 0.251 e. The molecule has 19 heavy (non-hydrogen) atoms. The van der Waals surface area contributed by atoms with Gasteiger partial charge in [0.1, 0.15) is 0 Å². The largest absolute Gasteiger partial charge is 0.494 e. The molecule has 1 aromatic rings. The number of ether oxygens (including phenoxy) is 1. The second kappa shape index (κ2) is 7.06. The second-order valence-electron chi connectivity index (χ2n) is 4.32. The highest BCUT2D eigenvalue weighted by atomic mass is 19.1. The molecule has 0 aliphatic carbocycles. The normalized spacial score (nSPS) is 12.3. The first-order chi connectivity index (χ1) is 9.03. The van der Waals surface area contributed by atoms with Gasteiger partial charge >= 0.3 is 0 Å². The molecule has 1 rings (SSSR count). The average Bonchev–Trinajstić information content (AvgIpc) is 2.39. The summed E-state index contributed by atoms with van der Waals surface area (Å²) >= 11 is 0. The Morgan fingerprint density at radius 3 is 2.74 bits per heavy atom. The third-order valence-corrected chi connectivity index (χ3v) is 3.01. The zero-order valence-electron chi connectivity index (χ0n) is 11.4. The fraction of sp³-hybridized carbons (Fsp3) is 0.462. The molecule has 5 nitrogen and oxygen atoms in total. The lowest BCUT2D eigenvalue weighted by Crippen LogP contribution is -2.47. The minimum atomic E-state index is -0.412. The van der Waals surface area contributed by atoms with Crippen molar-refractivity contribution < 1.29 is 13.9 Å². The number of nitrogens with zero attached hydrogens (tertiary/aromatic N) is 1. The number of nitrogens with two attached hydrogens (primary N) is 1. The quantitative estimate of drug-likeness (QED) is 0.460. The predicted octanol–water partition coefficient (Wildman–Crippen LogP) is 1.03. The molecule has 6 heteroatoms. The van der Waals surface area contributed by atoms with Crippen molar-refractivity contribution in [3.63, 3.8) is 0 Å². The van der Waals surface area contributed by atoms with E-state index in [2.05, 4.69) is 5.43 Å². The Morgan fingerprint density at radius 2 is 2.26 bits per heavy atom. The SMILES string of the molecule is CCC(C(=O)NN)N(C)Cc1ccc(OC)c(F)c1. The lowest BCUT2D eigenvalue weighted by atomic mass is 10.1. The van der Waals surface area contributed by atoms with Crippen molar-refractivity contribution >= 4 is 5.91 Å². The first-order valence-electron chi connectivity index (χ1n) is 6.06. The summed E-state index contributed by atoms with van der Waals surface area (Å²) in [5, 5.41) is 0. The van der Waals surface area contributed by atoms with Crippen LogP contribution >= 0.6 is 0 Å². The van der Waals surface area contributed by atoms with Crippen LogP contribution in [-0.4, -0.2) is 31.0 Å². The molecular formula is C13H20FN3O2. The Kier molecular flexibility index (Phi) is 5.72. The van der Waals surface area contributed by atoms with E-state index in [9.17, 15) is 9.18 Å². The van der Waals surface area contributed by atoms with Gasteiger partial charge in [0.05, 0.1) is 13.2 Å². The summed E-state index contributed by atoms with van der Waals surface area (Å²) in [5.41, 5.74) is 2.91. The zero-order valence-corrected chi connectivity index (χ0v) is 11.4. The van der Waals surface area contributed by atoms with Gasteiger partial charge in [-0.25, -0.2) is 10.2 Å². The minimum Gasteiger partial charge on any atom is -0.494 e. The van der Waals surface area contributed by atoms with E-state index in [1.807, 2.05) is 11.8 Å². The molecule has 0 radical (unpaired) electrons. The molecule has 0 aromatic heterocycles. The summed E-state index contributed by atoms with van der Waals surface area (Å²) in [4.78, 5) is 13.4. The van der Waals surface area contributed by atoms with Crippen molar-refractivity contribution in [3.05, 3.63) is 29.6 Å². The maximum Gasteiger partial charge on any atom is 0.251 e. The molecule has 0 spiro atoms. The molecule has 0 heterocycles. The molecule has 106 valence electrons. The Bertz CT molecular complexity index is 440. The number of hydrogen-bond acceptors (Lipinski definition) is 4. The Labute approximate surface area is 112 Å². The number of carbonyl (C=O) groups excluding carboxylic acids is 1. The lowest BCUT2D eigenvalue weighted by molar-refractivity contribution is -0.126. The molecule has 1 amide bonds. The number of methoxy groups -OCH3 is 1. The van der Waals surface area contributed by atoms with Gasteiger partial charge in [-0.15, -0.1) is 0 Å². The predicted molar refractivity (Wildman–Crippen MR) is 70.8 cm³/mol. The maximum atomic E-state index is 13.6. The molecule has 0 bridgehead atoms. The average molecular weight is 269 g/mol. The van der Waals surface area contributed by atoms with Crippen LogP contribution in [0.5, 0.6) is 5.75 Å². The van der Waals surface area contributed by atoms with E-state index in [0.29, 0.717) is 13.0 Å². The summed E-state index contributed by atoms with van der Waals surface area (Å²) in [6.45, 7) is 2.35. The van der Waals surface area contributed by atoms with Crippen molar-refractivity contribution in [2.75, 3.05) is 14.2 Å². The minimum absolute atomic E-state index is 0.207. The van der Waals surface area contributed by atoms with Gasteiger partial charge in [0.2, 0.25) is 0 Å². The van der Waals surface area contributed by atoms with Crippen LogP contribution in [0.1, 0.15) is 18.9 Å². The highest BCUT2D eigenvalue weighted by molar-refractivity contribution is 5.80. The number of benzene rings is 1. The molecule has 1 aromatic carbocycles. The van der Waals surface area contributed by atoms with Crippen molar-refractivity contribution in [1.82, 2.24) is 10.3 Å². The summed E-state index contributed by atoms with van der Waals surface area (Å²) < 4.78 is 18.4. The van der Waals surface area contributed by atoms with Crippen LogP contribution < -0.4 is 16.0 Å². The number of hydrogen-bond donors (Lipinski definition) is 2. The van der Waals surface area contributed by atoms with Crippen LogP contribution in [0.25, 0.3) is 0 Å². The number of likely N-dealkylation sites (N-methyl/N-ethyl adjacent to an activating group) is 1. The van der Waals surface area contributed by atoms with Gasteiger partial charge in [-0.1, -0.05) is 13.0 Å². The van der Waals surface area contributed by atoms with E-state index < -0.39 is 5.82 Å². The highest BCUT2D eigenvalue weighted by Gasteiger charge is 2.20. The van der Waals surface area contributed by atoms with Gasteiger partial charge in [0.15, 0.2) is 11.6 Å². The molecule has 1 unspecified atom stereocenters. The maximum absolute atomic E-state index is 13.6. The van der Waals surface area contributed by atoms with E-state index in [1.54, 1.807) is 19.2 Å². The summed E-state index contributed by atoms with van der Waals surface area (Å²) in [6, 6.07) is 4.41. The Balaban J connectivity index is 2.78. The monoisotopic (exact) mass is 269 g/mol. The van der Waals surface area contributed by atoms with Crippen molar-refractivity contribution in [3.8, 4) is 5.75 Å². The number of carbonyl (C=O) groups is 1. The van der Waals surface area contributed by atoms with Crippen LogP contribution in [-0.2, 0) is 11.3 Å². The molecule has 0 aliphatic heterocycles. The van der Waals surface area contributed by atoms with Gasteiger partial charge in [-0.2, -0.15) is 0 Å². The molecular weight excluding hydrogens is 249 g/mol. The van der Waals surface area contributed by atoms with Crippen LogP contribution in [0.4, 0.5) is 4.39 Å². The van der Waals surface area contributed by atoms with Gasteiger partial charge in [-0.3, -0.25) is 15.1 Å². The van der Waals surface area contributed by atoms with Crippen molar-refractivity contribution in [2.45, 2.75) is 25.9 Å². The van der Waals surface area contributed by atoms with Gasteiger partial charge in [0.25, 0.3) is 5.91 Å².